The molecule has 0 aliphatic carbocycles. The second kappa shape index (κ2) is 5.14. The van der Waals surface area contributed by atoms with Crippen LogP contribution in [-0.4, -0.2) is 15.2 Å². The Bertz CT molecular complexity index is 542. The number of nitrogens with one attached hydrogen (secondary N) is 1. The molecule has 2 aromatic rings. The van der Waals surface area contributed by atoms with Crippen LogP contribution < -0.4 is 5.32 Å². The summed E-state index contributed by atoms with van der Waals surface area (Å²) in [5.74, 6) is 0.687. The average Bonchev–Trinajstić information content (AvgIpc) is 2.75. The average molecular weight is 251 g/mol. The molecule has 1 aromatic carbocycles. The van der Waals surface area contributed by atoms with E-state index in [1.165, 1.54) is 18.2 Å². The molecule has 0 aliphatic heterocycles. The summed E-state index contributed by atoms with van der Waals surface area (Å²) in [5.41, 5.74) is 0.492. The Morgan fingerprint density at radius 1 is 1.50 bits per heavy atom. The molecule has 0 saturated carbocycles. The van der Waals surface area contributed by atoms with Crippen LogP contribution in [0.2, 0.25) is 0 Å². The summed E-state index contributed by atoms with van der Waals surface area (Å²) in [6, 6.07) is 3.62. The Kier molecular flexibility index (Phi) is 3.57. The Morgan fingerprint density at radius 3 is 2.94 bits per heavy atom. The lowest BCUT2D eigenvalue weighted by atomic mass is 10.1. The molecule has 0 saturated heterocycles. The maximum Gasteiger partial charge on any atom is 0.240 e. The molecule has 1 atom stereocenters. The van der Waals surface area contributed by atoms with E-state index in [1.54, 1.807) is 6.92 Å². The standard InChI is InChI=1S/C12H14FN3O2/c1-7(10-5-9(13)3-4-11(10)17)14-6-12-15-8(2)16-18-12/h3-5,7,14,17H,6H2,1-2H3. The van der Waals surface area contributed by atoms with Gasteiger partial charge in [-0.05, 0) is 32.0 Å². The highest BCUT2D eigenvalue weighted by Gasteiger charge is 2.12. The lowest BCUT2D eigenvalue weighted by Gasteiger charge is -2.14. The molecular formula is C12H14FN3O2. The highest BCUT2D eigenvalue weighted by molar-refractivity contribution is 5.34. The maximum atomic E-state index is 13.1. The predicted octanol–water partition coefficient (Wildman–Crippen LogP) is 2.07. The van der Waals surface area contributed by atoms with Gasteiger partial charge in [-0.3, -0.25) is 0 Å². The molecule has 2 N–H and O–H groups in total. The number of aromatic hydroxyl groups is 1. The zero-order valence-electron chi connectivity index (χ0n) is 10.1. The molecule has 0 spiro atoms. The molecule has 0 aliphatic rings. The van der Waals surface area contributed by atoms with Gasteiger partial charge in [0, 0.05) is 11.6 Å². The van der Waals surface area contributed by atoms with Gasteiger partial charge in [0.05, 0.1) is 6.54 Å². The van der Waals surface area contributed by atoms with Crippen molar-refractivity contribution < 1.29 is 14.0 Å². The molecule has 0 bridgehead atoms. The van der Waals surface area contributed by atoms with Crippen molar-refractivity contribution in [2.45, 2.75) is 26.4 Å². The summed E-state index contributed by atoms with van der Waals surface area (Å²) >= 11 is 0. The molecule has 96 valence electrons. The Balaban J connectivity index is 2.03. The van der Waals surface area contributed by atoms with Crippen molar-refractivity contribution in [3.8, 4) is 5.75 Å². The van der Waals surface area contributed by atoms with Gasteiger partial charge in [0.25, 0.3) is 0 Å². The maximum absolute atomic E-state index is 13.1. The molecule has 5 nitrogen and oxygen atoms in total. The fourth-order valence-electron chi connectivity index (χ4n) is 1.63. The summed E-state index contributed by atoms with van der Waals surface area (Å²) in [6.07, 6.45) is 0. The van der Waals surface area contributed by atoms with Crippen molar-refractivity contribution in [3.05, 3.63) is 41.3 Å². The van der Waals surface area contributed by atoms with E-state index in [1.807, 2.05) is 6.92 Å². The van der Waals surface area contributed by atoms with Gasteiger partial charge in [-0.2, -0.15) is 4.98 Å². The van der Waals surface area contributed by atoms with Gasteiger partial charge in [0.1, 0.15) is 11.6 Å². The third kappa shape index (κ3) is 2.84. The minimum atomic E-state index is -0.384. The van der Waals surface area contributed by atoms with Crippen LogP contribution in [0.15, 0.2) is 22.7 Å². The van der Waals surface area contributed by atoms with Crippen molar-refractivity contribution in [1.82, 2.24) is 15.5 Å². The van der Waals surface area contributed by atoms with Gasteiger partial charge < -0.3 is 14.9 Å². The first-order chi connectivity index (χ1) is 8.56. The second-order valence-electron chi connectivity index (χ2n) is 4.04. The number of phenolic OH excluding ortho intramolecular Hbond substituents is 1. The van der Waals surface area contributed by atoms with Crippen LogP contribution >= 0.6 is 0 Å². The van der Waals surface area contributed by atoms with Crippen LogP contribution in [0, 0.1) is 12.7 Å². The highest BCUT2D eigenvalue weighted by atomic mass is 19.1. The van der Waals surface area contributed by atoms with E-state index >= 15 is 0 Å². The van der Waals surface area contributed by atoms with E-state index in [0.29, 0.717) is 23.8 Å². The van der Waals surface area contributed by atoms with Gasteiger partial charge in [-0.25, -0.2) is 4.39 Å². The van der Waals surface area contributed by atoms with Crippen molar-refractivity contribution in [1.29, 1.82) is 0 Å². The monoisotopic (exact) mass is 251 g/mol. The summed E-state index contributed by atoms with van der Waals surface area (Å²) in [5, 5.41) is 16.4. The van der Waals surface area contributed by atoms with E-state index in [2.05, 4.69) is 15.5 Å². The zero-order valence-corrected chi connectivity index (χ0v) is 10.1. The first-order valence-electron chi connectivity index (χ1n) is 5.57. The highest BCUT2D eigenvalue weighted by Crippen LogP contribution is 2.24. The van der Waals surface area contributed by atoms with Gasteiger partial charge in [-0.1, -0.05) is 5.16 Å². The topological polar surface area (TPSA) is 71.2 Å². The summed E-state index contributed by atoms with van der Waals surface area (Å²) < 4.78 is 18.0. The Morgan fingerprint density at radius 2 is 2.28 bits per heavy atom. The lowest BCUT2D eigenvalue weighted by molar-refractivity contribution is 0.355. The second-order valence-corrected chi connectivity index (χ2v) is 4.04. The normalized spacial score (nSPS) is 12.6. The Labute approximate surface area is 104 Å². The van der Waals surface area contributed by atoms with Crippen LogP contribution in [-0.2, 0) is 6.54 Å². The molecule has 0 fully saturated rings. The van der Waals surface area contributed by atoms with Crippen LogP contribution in [0.5, 0.6) is 5.75 Å². The number of aryl methyl sites for hydroxylation is 1. The van der Waals surface area contributed by atoms with E-state index in [4.69, 9.17) is 4.52 Å². The summed E-state index contributed by atoms with van der Waals surface area (Å²) in [7, 11) is 0. The quantitative estimate of drug-likeness (QED) is 0.870. The molecule has 2 rings (SSSR count). The number of hydrogen-bond acceptors (Lipinski definition) is 5. The number of halogens is 1. The molecule has 18 heavy (non-hydrogen) atoms. The van der Waals surface area contributed by atoms with E-state index in [0.717, 1.165) is 0 Å². The van der Waals surface area contributed by atoms with Crippen molar-refractivity contribution in [2.75, 3.05) is 0 Å². The fourth-order valence-corrected chi connectivity index (χ4v) is 1.63. The minimum Gasteiger partial charge on any atom is -0.508 e. The largest absolute Gasteiger partial charge is 0.508 e. The number of benzene rings is 1. The van der Waals surface area contributed by atoms with Gasteiger partial charge >= 0.3 is 0 Å². The van der Waals surface area contributed by atoms with Gasteiger partial charge in [0.15, 0.2) is 5.82 Å². The Hall–Kier alpha value is -1.95. The lowest BCUT2D eigenvalue weighted by Crippen LogP contribution is -2.18. The molecular weight excluding hydrogens is 237 g/mol. The number of phenols is 1. The van der Waals surface area contributed by atoms with E-state index in [-0.39, 0.29) is 17.6 Å². The third-order valence-corrected chi connectivity index (χ3v) is 2.59. The van der Waals surface area contributed by atoms with Crippen LogP contribution in [0.25, 0.3) is 0 Å². The molecule has 0 radical (unpaired) electrons. The molecule has 0 amide bonds. The first kappa shape index (κ1) is 12.5. The smallest absolute Gasteiger partial charge is 0.240 e. The first-order valence-corrected chi connectivity index (χ1v) is 5.57. The third-order valence-electron chi connectivity index (χ3n) is 2.59. The molecule has 1 aromatic heterocycles. The summed E-state index contributed by atoms with van der Waals surface area (Å²) in [4.78, 5) is 4.04. The van der Waals surface area contributed by atoms with Gasteiger partial charge in [-0.15, -0.1) is 0 Å². The number of rotatable bonds is 4. The number of hydrogen-bond donors (Lipinski definition) is 2. The molecule has 1 heterocycles. The molecule has 6 heteroatoms. The van der Waals surface area contributed by atoms with Crippen LogP contribution in [0.3, 0.4) is 0 Å². The fraction of sp³-hybridized carbons (Fsp3) is 0.333. The van der Waals surface area contributed by atoms with E-state index in [9.17, 15) is 9.50 Å². The van der Waals surface area contributed by atoms with E-state index < -0.39 is 0 Å². The van der Waals surface area contributed by atoms with Crippen LogP contribution in [0.4, 0.5) is 4.39 Å². The van der Waals surface area contributed by atoms with Crippen molar-refractivity contribution in [3.63, 3.8) is 0 Å². The number of nitrogens with zero attached hydrogens (tertiary/aromatic N) is 2. The molecule has 1 unspecified atom stereocenters. The number of aromatic nitrogens is 2. The SMILES string of the molecule is Cc1noc(CNC(C)c2cc(F)ccc2O)n1. The van der Waals surface area contributed by atoms with Crippen LogP contribution in [0.1, 0.15) is 30.2 Å². The predicted molar refractivity (Wildman–Crippen MR) is 62.4 cm³/mol. The minimum absolute atomic E-state index is 0.0538. The van der Waals surface area contributed by atoms with Crippen molar-refractivity contribution in [2.24, 2.45) is 0 Å². The van der Waals surface area contributed by atoms with Gasteiger partial charge in [0.2, 0.25) is 5.89 Å². The van der Waals surface area contributed by atoms with Crippen molar-refractivity contribution >= 4 is 0 Å². The zero-order chi connectivity index (χ0) is 13.1. The summed E-state index contributed by atoms with van der Waals surface area (Å²) in [6.45, 7) is 3.91.